The SMILES string of the molecule is CC(C)(C)C12CCC(CN(c3nc(F)nc4c(Cl)c(Br)c(Cl)cc34)C1)N2C(=O)O. The standard InChI is InChI=1S/C19H20BrCl2FN4O2/c1-18(2,3)19-5-4-9(27(19)17(28)29)7-26(8-19)15-10-6-11(21)12(20)13(22)14(10)24-16(23)25-15/h6,9H,4-5,7-8H2,1-3H3,(H,28,29). The van der Waals surface area contributed by atoms with E-state index in [0.29, 0.717) is 33.8 Å². The lowest BCUT2D eigenvalue weighted by Gasteiger charge is -2.54. The molecule has 2 saturated heterocycles. The van der Waals surface area contributed by atoms with Gasteiger partial charge in [-0.25, -0.2) is 9.78 Å². The number of nitrogens with zero attached hydrogens (tertiary/aromatic N) is 4. The molecule has 2 aliphatic heterocycles. The highest BCUT2D eigenvalue weighted by Gasteiger charge is 2.59. The van der Waals surface area contributed by atoms with E-state index in [1.807, 2.05) is 25.7 Å². The van der Waals surface area contributed by atoms with E-state index in [1.54, 1.807) is 11.0 Å². The predicted octanol–water partition coefficient (Wildman–Crippen LogP) is 5.59. The van der Waals surface area contributed by atoms with Crippen LogP contribution in [0.2, 0.25) is 10.0 Å². The van der Waals surface area contributed by atoms with Crippen LogP contribution in [-0.4, -0.2) is 50.7 Å². The van der Waals surface area contributed by atoms with E-state index in [9.17, 15) is 14.3 Å². The Kier molecular flexibility index (Phi) is 4.91. The number of hydrogen-bond acceptors (Lipinski definition) is 4. The monoisotopic (exact) mass is 504 g/mol. The number of carbonyl (C=O) groups is 1. The van der Waals surface area contributed by atoms with E-state index in [4.69, 9.17) is 23.2 Å². The molecule has 1 aromatic carbocycles. The van der Waals surface area contributed by atoms with E-state index in [1.165, 1.54) is 0 Å². The van der Waals surface area contributed by atoms with Crippen LogP contribution in [0.5, 0.6) is 0 Å². The molecule has 3 heterocycles. The molecule has 0 spiro atoms. The molecule has 156 valence electrons. The van der Waals surface area contributed by atoms with Crippen LogP contribution >= 0.6 is 39.1 Å². The number of benzene rings is 1. The summed E-state index contributed by atoms with van der Waals surface area (Å²) in [5.74, 6) is 0.384. The summed E-state index contributed by atoms with van der Waals surface area (Å²) < 4.78 is 14.8. The average molecular weight is 506 g/mol. The van der Waals surface area contributed by atoms with Crippen LogP contribution < -0.4 is 4.90 Å². The average Bonchev–Trinajstić information content (AvgIpc) is 2.88. The topological polar surface area (TPSA) is 69.6 Å². The second-order valence-corrected chi connectivity index (χ2v) is 10.3. The first kappa shape index (κ1) is 20.9. The van der Waals surface area contributed by atoms with Crippen LogP contribution in [-0.2, 0) is 0 Å². The van der Waals surface area contributed by atoms with Crippen molar-refractivity contribution in [3.8, 4) is 0 Å². The van der Waals surface area contributed by atoms with Crippen molar-refractivity contribution in [3.05, 3.63) is 26.7 Å². The third kappa shape index (κ3) is 3.06. The van der Waals surface area contributed by atoms with Crippen molar-refractivity contribution in [2.75, 3.05) is 18.0 Å². The molecule has 4 rings (SSSR count). The molecule has 2 aliphatic rings. The Balaban J connectivity index is 1.89. The molecule has 1 aromatic heterocycles. The highest BCUT2D eigenvalue weighted by Crippen LogP contribution is 2.50. The molecule has 2 atom stereocenters. The van der Waals surface area contributed by atoms with E-state index >= 15 is 0 Å². The number of amides is 1. The minimum atomic E-state index is -0.921. The zero-order valence-electron chi connectivity index (χ0n) is 16.1. The van der Waals surface area contributed by atoms with Gasteiger partial charge in [-0.05, 0) is 40.3 Å². The van der Waals surface area contributed by atoms with Crippen molar-refractivity contribution in [1.29, 1.82) is 0 Å². The van der Waals surface area contributed by atoms with Gasteiger partial charge in [0, 0.05) is 18.5 Å². The first-order valence-electron chi connectivity index (χ1n) is 9.24. The third-order valence-corrected chi connectivity index (χ3v) is 8.23. The highest BCUT2D eigenvalue weighted by atomic mass is 79.9. The first-order valence-corrected chi connectivity index (χ1v) is 10.8. The van der Waals surface area contributed by atoms with Crippen LogP contribution in [0.15, 0.2) is 10.5 Å². The number of halogens is 4. The van der Waals surface area contributed by atoms with Gasteiger partial charge in [-0.1, -0.05) is 44.0 Å². The molecular weight excluding hydrogens is 486 g/mol. The lowest BCUT2D eigenvalue weighted by Crippen LogP contribution is -2.68. The maximum Gasteiger partial charge on any atom is 0.408 e. The summed E-state index contributed by atoms with van der Waals surface area (Å²) in [6.07, 6.45) is -0.321. The molecule has 6 nitrogen and oxygen atoms in total. The smallest absolute Gasteiger partial charge is 0.408 e. The minimum absolute atomic E-state index is 0.199. The van der Waals surface area contributed by atoms with Crippen LogP contribution in [0, 0.1) is 11.5 Å². The van der Waals surface area contributed by atoms with Gasteiger partial charge >= 0.3 is 12.2 Å². The maximum atomic E-state index is 14.3. The summed E-state index contributed by atoms with van der Waals surface area (Å²) in [4.78, 5) is 23.6. The fourth-order valence-corrected chi connectivity index (χ4v) is 5.61. The van der Waals surface area contributed by atoms with Gasteiger partial charge in [0.25, 0.3) is 0 Å². The number of hydrogen-bond donors (Lipinski definition) is 1. The summed E-state index contributed by atoms with van der Waals surface area (Å²) in [5.41, 5.74) is -0.667. The van der Waals surface area contributed by atoms with Crippen molar-refractivity contribution in [3.63, 3.8) is 0 Å². The van der Waals surface area contributed by atoms with Gasteiger partial charge in [-0.15, -0.1) is 0 Å². The van der Waals surface area contributed by atoms with Gasteiger partial charge in [-0.2, -0.15) is 9.37 Å². The zero-order valence-corrected chi connectivity index (χ0v) is 19.2. The molecule has 2 fully saturated rings. The van der Waals surface area contributed by atoms with Crippen LogP contribution in [0.3, 0.4) is 0 Å². The van der Waals surface area contributed by atoms with Gasteiger partial charge < -0.3 is 10.0 Å². The molecule has 2 bridgehead atoms. The Labute approximate surface area is 186 Å². The highest BCUT2D eigenvalue weighted by molar-refractivity contribution is 9.10. The second kappa shape index (κ2) is 6.82. The minimum Gasteiger partial charge on any atom is -0.465 e. The van der Waals surface area contributed by atoms with Gasteiger partial charge in [-0.3, -0.25) is 4.90 Å². The molecule has 0 saturated carbocycles. The third-order valence-electron chi connectivity index (χ3n) is 6.28. The lowest BCUT2D eigenvalue weighted by molar-refractivity contribution is 0.00528. The molecule has 2 unspecified atom stereocenters. The Morgan fingerprint density at radius 2 is 2.07 bits per heavy atom. The Morgan fingerprint density at radius 3 is 2.69 bits per heavy atom. The van der Waals surface area contributed by atoms with Crippen LogP contribution in [0.4, 0.5) is 15.0 Å². The number of fused-ring (bicyclic) bond motifs is 3. The first-order chi connectivity index (χ1) is 13.5. The maximum absolute atomic E-state index is 14.3. The van der Waals surface area contributed by atoms with Crippen molar-refractivity contribution >= 4 is 61.9 Å². The van der Waals surface area contributed by atoms with Crippen LogP contribution in [0.1, 0.15) is 33.6 Å². The summed E-state index contributed by atoms with van der Waals surface area (Å²) in [6.45, 7) is 6.94. The van der Waals surface area contributed by atoms with E-state index in [0.717, 1.165) is 12.8 Å². The number of piperazine rings is 1. The summed E-state index contributed by atoms with van der Waals surface area (Å²) in [6, 6.07) is 1.46. The lowest BCUT2D eigenvalue weighted by atomic mass is 9.71. The number of rotatable bonds is 1. The molecule has 2 aromatic rings. The molecule has 0 aliphatic carbocycles. The van der Waals surface area contributed by atoms with Crippen LogP contribution in [0.25, 0.3) is 10.9 Å². The summed E-state index contributed by atoms with van der Waals surface area (Å²) in [5, 5.41) is 11.0. The molecular formula is C19H20BrCl2FN4O2. The normalized spacial score (nSPS) is 24.4. The Morgan fingerprint density at radius 1 is 1.38 bits per heavy atom. The fraction of sp³-hybridized carbons (Fsp3) is 0.526. The van der Waals surface area contributed by atoms with Crippen molar-refractivity contribution in [2.24, 2.45) is 5.41 Å². The molecule has 0 radical (unpaired) electrons. The fourth-order valence-electron chi connectivity index (χ4n) is 4.81. The van der Waals surface area contributed by atoms with E-state index < -0.39 is 17.7 Å². The van der Waals surface area contributed by atoms with Crippen molar-refractivity contribution in [1.82, 2.24) is 14.9 Å². The van der Waals surface area contributed by atoms with Gasteiger partial charge in [0.15, 0.2) is 0 Å². The van der Waals surface area contributed by atoms with Crippen molar-refractivity contribution in [2.45, 2.75) is 45.2 Å². The summed E-state index contributed by atoms with van der Waals surface area (Å²) >= 11 is 15.9. The van der Waals surface area contributed by atoms with Gasteiger partial charge in [0.2, 0.25) is 0 Å². The molecule has 29 heavy (non-hydrogen) atoms. The quantitative estimate of drug-likeness (QED) is 0.404. The van der Waals surface area contributed by atoms with E-state index in [2.05, 4.69) is 25.9 Å². The molecule has 10 heteroatoms. The molecule has 1 N–H and O–H groups in total. The zero-order chi connectivity index (χ0) is 21.3. The number of carboxylic acid groups (broad SMARTS) is 1. The van der Waals surface area contributed by atoms with Crippen molar-refractivity contribution < 1.29 is 14.3 Å². The Bertz CT molecular complexity index is 1030. The number of anilines is 1. The predicted molar refractivity (Wildman–Crippen MR) is 115 cm³/mol. The summed E-state index contributed by atoms with van der Waals surface area (Å²) in [7, 11) is 0. The van der Waals surface area contributed by atoms with E-state index in [-0.39, 0.29) is 22.0 Å². The van der Waals surface area contributed by atoms with Gasteiger partial charge in [0.05, 0.1) is 31.6 Å². The second-order valence-electron chi connectivity index (χ2n) is 8.71. The largest absolute Gasteiger partial charge is 0.465 e. The molecule has 1 amide bonds. The van der Waals surface area contributed by atoms with Gasteiger partial charge in [0.1, 0.15) is 5.82 Å². The Hall–Kier alpha value is -1.38. The number of aromatic nitrogens is 2.